The van der Waals surface area contributed by atoms with E-state index in [4.69, 9.17) is 5.73 Å². The van der Waals surface area contributed by atoms with Crippen molar-refractivity contribution in [3.05, 3.63) is 47.2 Å². The summed E-state index contributed by atoms with van der Waals surface area (Å²) < 4.78 is 0. The van der Waals surface area contributed by atoms with Crippen molar-refractivity contribution in [2.45, 2.75) is 29.8 Å². The molecule has 0 fully saturated rings. The molecule has 0 aliphatic rings. The normalized spacial score (nSPS) is 12.9. The molecule has 19 heteroatoms. The minimum Gasteiger partial charge on any atom is -0.504 e. The van der Waals surface area contributed by atoms with Crippen LogP contribution in [0, 0.1) is 0 Å². The summed E-state index contributed by atoms with van der Waals surface area (Å²) in [6.07, 6.45) is -0.781. The van der Waals surface area contributed by atoms with Crippen LogP contribution in [0.25, 0.3) is 0 Å². The topological polar surface area (TPSA) is 343 Å². The summed E-state index contributed by atoms with van der Waals surface area (Å²) >= 11 is 0.341. The zero-order chi connectivity index (χ0) is 30.4. The summed E-state index contributed by atoms with van der Waals surface area (Å²) in [5, 5.41) is 134. The molecule has 0 saturated carbocycles. The number of benzene rings is 2. The van der Waals surface area contributed by atoms with Gasteiger partial charge in [-0.15, -0.1) is 0 Å². The molecule has 2 aromatic carbocycles. The highest BCUT2D eigenvalue weighted by molar-refractivity contribution is 7.17. The third-order valence-electron chi connectivity index (χ3n) is 5.41. The summed E-state index contributed by atoms with van der Waals surface area (Å²) in [7, 11) is 0. The molecule has 218 valence electrons. The number of phenols is 4. The first kappa shape index (κ1) is 30.5. The number of nitrogens with zero attached hydrogens (tertiary/aromatic N) is 1. The van der Waals surface area contributed by atoms with E-state index in [2.05, 4.69) is 4.98 Å². The lowest BCUT2D eigenvalue weighted by Gasteiger charge is -2.40. The zero-order valence-corrected chi connectivity index (χ0v) is 20.6. The van der Waals surface area contributed by atoms with Gasteiger partial charge in [0.15, 0.2) is 33.8 Å². The van der Waals surface area contributed by atoms with Gasteiger partial charge in [0.25, 0.3) is 23.4 Å². The van der Waals surface area contributed by atoms with Crippen molar-refractivity contribution in [3.63, 3.8) is 0 Å². The SMILES string of the molecule is Nc1nc(C(O)(O)C(=O)Nc2c(O)c(O)c(C(O)(O)C(O)(O)NC(O)(O)Cc3ccccc3)c(O)c2O)c(O)s1. The second kappa shape index (κ2) is 10.2. The molecule has 17 N–H and O–H groups in total. The lowest BCUT2D eigenvalue weighted by molar-refractivity contribution is -0.407. The van der Waals surface area contributed by atoms with Crippen LogP contribution in [0.1, 0.15) is 16.8 Å². The summed E-state index contributed by atoms with van der Waals surface area (Å²) in [4.78, 5) is 15.8. The molecule has 40 heavy (non-hydrogen) atoms. The molecule has 3 rings (SSSR count). The fourth-order valence-electron chi connectivity index (χ4n) is 3.48. The first-order valence-corrected chi connectivity index (χ1v) is 11.4. The van der Waals surface area contributed by atoms with Crippen molar-refractivity contribution in [2.75, 3.05) is 11.1 Å². The molecule has 0 aliphatic carbocycles. The van der Waals surface area contributed by atoms with E-state index in [1.807, 2.05) is 0 Å². The van der Waals surface area contributed by atoms with Crippen LogP contribution in [0.3, 0.4) is 0 Å². The average Bonchev–Trinajstić information content (AvgIpc) is 3.18. The first-order chi connectivity index (χ1) is 18.2. The summed E-state index contributed by atoms with van der Waals surface area (Å²) in [5.74, 6) is -24.7. The van der Waals surface area contributed by atoms with Crippen molar-refractivity contribution in [3.8, 4) is 28.1 Å². The molecule has 18 nitrogen and oxygen atoms in total. The Morgan fingerprint density at radius 2 is 1.38 bits per heavy atom. The van der Waals surface area contributed by atoms with Gasteiger partial charge in [-0.3, -0.25) is 4.79 Å². The predicted molar refractivity (Wildman–Crippen MR) is 130 cm³/mol. The molecule has 0 aliphatic heterocycles. The predicted octanol–water partition coefficient (Wildman–Crippen LogP) is -3.72. The van der Waals surface area contributed by atoms with E-state index in [1.165, 1.54) is 34.9 Å². The first-order valence-electron chi connectivity index (χ1n) is 10.6. The van der Waals surface area contributed by atoms with Gasteiger partial charge in [-0.1, -0.05) is 41.7 Å². The third kappa shape index (κ3) is 5.50. The van der Waals surface area contributed by atoms with E-state index in [0.717, 1.165) is 0 Å². The molecule has 1 heterocycles. The third-order valence-corrected chi connectivity index (χ3v) is 6.10. The molecule has 0 bridgehead atoms. The summed E-state index contributed by atoms with van der Waals surface area (Å²) in [6.45, 7) is 0. The Morgan fingerprint density at radius 1 is 0.850 bits per heavy atom. The molecule has 3 aromatic rings. The quantitative estimate of drug-likeness (QED) is 0.0648. The molecule has 0 radical (unpaired) electrons. The second-order valence-electron chi connectivity index (χ2n) is 8.43. The van der Waals surface area contributed by atoms with E-state index < -0.39 is 85.9 Å². The number of carbonyl (C=O) groups is 1. The molecular formula is C21H24N4O14S. The van der Waals surface area contributed by atoms with E-state index in [9.17, 15) is 71.2 Å². The minimum absolute atomic E-state index is 0.204. The van der Waals surface area contributed by atoms with Crippen molar-refractivity contribution in [1.82, 2.24) is 10.3 Å². The Balaban J connectivity index is 1.98. The van der Waals surface area contributed by atoms with Crippen LogP contribution >= 0.6 is 11.3 Å². The van der Waals surface area contributed by atoms with Crippen LogP contribution in [0.5, 0.6) is 28.1 Å². The molecule has 0 unspecified atom stereocenters. The Kier molecular flexibility index (Phi) is 7.77. The van der Waals surface area contributed by atoms with Crippen LogP contribution in [0.4, 0.5) is 10.8 Å². The Hall–Kier alpha value is -4.02. The highest BCUT2D eigenvalue weighted by atomic mass is 32.1. The van der Waals surface area contributed by atoms with Crippen LogP contribution in [0.2, 0.25) is 0 Å². The van der Waals surface area contributed by atoms with Crippen LogP contribution in [0.15, 0.2) is 30.3 Å². The number of nitrogens with one attached hydrogen (secondary N) is 2. The molecule has 0 spiro atoms. The van der Waals surface area contributed by atoms with Crippen LogP contribution in [-0.4, -0.2) is 89.1 Å². The van der Waals surface area contributed by atoms with E-state index in [0.29, 0.717) is 11.3 Å². The number of carbonyl (C=O) groups excluding carboxylic acids is 1. The van der Waals surface area contributed by atoms with Gasteiger partial charge >= 0.3 is 0 Å². The molecule has 0 atom stereocenters. The Labute approximate surface area is 226 Å². The van der Waals surface area contributed by atoms with Gasteiger partial charge in [-0.2, -0.15) is 0 Å². The number of aliphatic hydroxyl groups is 8. The van der Waals surface area contributed by atoms with Gasteiger partial charge in [0, 0.05) is 6.42 Å². The second-order valence-corrected chi connectivity index (χ2v) is 9.43. The number of aromatic hydroxyl groups is 5. The van der Waals surface area contributed by atoms with E-state index in [-0.39, 0.29) is 5.56 Å². The largest absolute Gasteiger partial charge is 0.504 e. The smallest absolute Gasteiger partial charge is 0.294 e. The van der Waals surface area contributed by atoms with Crippen molar-refractivity contribution >= 4 is 28.1 Å². The summed E-state index contributed by atoms with van der Waals surface area (Å²) in [6, 6.07) is 7.35. The number of nitrogens with two attached hydrogens (primary N) is 1. The maximum absolute atomic E-state index is 12.4. The molecule has 1 aromatic heterocycles. The molecule has 1 amide bonds. The summed E-state index contributed by atoms with van der Waals surface area (Å²) in [5.41, 5.74) is 1.22. The molecule has 0 saturated heterocycles. The van der Waals surface area contributed by atoms with Crippen LogP contribution < -0.4 is 16.4 Å². The Morgan fingerprint density at radius 3 is 1.85 bits per heavy atom. The Bertz CT molecular complexity index is 1400. The fraction of sp³-hybridized carbons (Fsp3) is 0.238. The van der Waals surface area contributed by atoms with Gasteiger partial charge in [-0.25, -0.2) is 10.3 Å². The number of anilines is 2. The van der Waals surface area contributed by atoms with Gasteiger partial charge in [0.2, 0.25) is 11.0 Å². The lowest BCUT2D eigenvalue weighted by Crippen LogP contribution is -2.68. The number of hydrogen-bond donors (Lipinski definition) is 16. The van der Waals surface area contributed by atoms with Gasteiger partial charge in [0.05, 0.1) is 0 Å². The highest BCUT2D eigenvalue weighted by Gasteiger charge is 2.56. The maximum atomic E-state index is 12.4. The van der Waals surface area contributed by atoms with Gasteiger partial charge in [0.1, 0.15) is 11.3 Å². The average molecular weight is 589 g/mol. The highest BCUT2D eigenvalue weighted by Crippen LogP contribution is 2.54. The lowest BCUT2D eigenvalue weighted by atomic mass is 9.96. The maximum Gasteiger partial charge on any atom is 0.294 e. The number of nitrogen functional groups attached to an aromatic ring is 1. The van der Waals surface area contributed by atoms with E-state index in [1.54, 1.807) is 6.07 Å². The fourth-order valence-corrected chi connectivity index (χ4v) is 4.09. The number of rotatable bonds is 9. The number of hydrogen-bond acceptors (Lipinski definition) is 18. The number of amides is 1. The number of thiazole rings is 1. The zero-order valence-electron chi connectivity index (χ0n) is 19.7. The minimum atomic E-state index is -4.37. The van der Waals surface area contributed by atoms with Gasteiger partial charge < -0.3 is 77.4 Å². The molecular weight excluding hydrogens is 564 g/mol. The van der Waals surface area contributed by atoms with E-state index >= 15 is 0 Å². The number of phenolic OH excluding ortho intramolecular Hbond substituents is 4. The van der Waals surface area contributed by atoms with Crippen molar-refractivity contribution in [1.29, 1.82) is 0 Å². The standard InChI is InChI=1S/C21H24N4O14S/c22-17-24-14(15(30)40-17)19(34,35)16(31)23-9-12(28)10(26)8(11(27)13(9)29)20(36,37)21(38,39)25-18(32,33)6-7-4-2-1-3-5-7/h1-5,25-30,32-39H,6H2,(H2,22,24)(H,23,31). The number of aromatic nitrogens is 1. The monoisotopic (exact) mass is 588 g/mol. The van der Waals surface area contributed by atoms with Crippen LogP contribution in [-0.2, 0) is 22.8 Å². The van der Waals surface area contributed by atoms with Crippen molar-refractivity contribution < 1.29 is 71.2 Å². The van der Waals surface area contributed by atoms with Crippen molar-refractivity contribution in [2.24, 2.45) is 0 Å². The van der Waals surface area contributed by atoms with Gasteiger partial charge in [-0.05, 0) is 5.56 Å².